The van der Waals surface area contributed by atoms with Crippen LogP contribution >= 0.6 is 11.3 Å². The quantitative estimate of drug-likeness (QED) is 0.564. The molecule has 1 amide bonds. The predicted octanol–water partition coefficient (Wildman–Crippen LogP) is 3.93. The average molecular weight is 454 g/mol. The van der Waals surface area contributed by atoms with Crippen LogP contribution in [0.25, 0.3) is 11.0 Å². The first-order chi connectivity index (χ1) is 15.5. The van der Waals surface area contributed by atoms with Gasteiger partial charge in [0.1, 0.15) is 5.00 Å². The van der Waals surface area contributed by atoms with Crippen molar-refractivity contribution in [3.05, 3.63) is 52.2 Å². The fourth-order valence-corrected chi connectivity index (χ4v) is 5.01. The predicted molar refractivity (Wildman–Crippen MR) is 120 cm³/mol. The molecule has 0 fully saturated rings. The van der Waals surface area contributed by atoms with Gasteiger partial charge in [0.15, 0.2) is 11.8 Å². The number of aromatic nitrogens is 2. The number of benzene rings is 1. The molecule has 3 aromatic rings. The Morgan fingerprint density at radius 3 is 2.62 bits per heavy atom. The summed E-state index contributed by atoms with van der Waals surface area (Å²) < 4.78 is 10.4. The molecular weight excluding hydrogens is 430 g/mol. The second kappa shape index (κ2) is 9.44. The van der Waals surface area contributed by atoms with Crippen LogP contribution in [0.15, 0.2) is 30.5 Å². The lowest BCUT2D eigenvalue weighted by Gasteiger charge is -2.16. The third-order valence-corrected chi connectivity index (χ3v) is 6.58. The molecule has 1 N–H and O–H groups in total. The Balaban J connectivity index is 1.52. The highest BCUT2D eigenvalue weighted by Gasteiger charge is 2.29. The van der Waals surface area contributed by atoms with Crippen molar-refractivity contribution in [1.29, 1.82) is 0 Å². The molecule has 1 aromatic carbocycles. The number of aryl methyl sites for hydroxylation is 1. The summed E-state index contributed by atoms with van der Waals surface area (Å²) in [4.78, 5) is 47.5. The lowest BCUT2D eigenvalue weighted by atomic mass is 9.95. The third-order valence-electron chi connectivity index (χ3n) is 5.37. The van der Waals surface area contributed by atoms with E-state index in [4.69, 9.17) is 9.47 Å². The molecule has 0 aliphatic heterocycles. The molecule has 1 unspecified atom stereocenters. The van der Waals surface area contributed by atoms with Crippen LogP contribution in [0, 0.1) is 0 Å². The summed E-state index contributed by atoms with van der Waals surface area (Å²) in [5.41, 5.74) is 2.59. The van der Waals surface area contributed by atoms with Crippen molar-refractivity contribution in [1.82, 2.24) is 9.97 Å². The maximum atomic E-state index is 12.9. The molecule has 4 rings (SSSR count). The van der Waals surface area contributed by atoms with Gasteiger partial charge in [-0.1, -0.05) is 19.1 Å². The number of ether oxygens (including phenoxy) is 2. The summed E-state index contributed by atoms with van der Waals surface area (Å²) in [7, 11) is 1.32. The molecule has 2 heterocycles. The first kappa shape index (κ1) is 21.9. The summed E-state index contributed by atoms with van der Waals surface area (Å²) in [6.07, 6.45) is 4.23. The van der Waals surface area contributed by atoms with Gasteiger partial charge in [-0.2, -0.15) is 0 Å². The van der Waals surface area contributed by atoms with E-state index in [1.807, 2.05) is 6.07 Å². The van der Waals surface area contributed by atoms with Crippen LogP contribution in [0.2, 0.25) is 0 Å². The molecule has 0 spiro atoms. The number of esters is 2. The van der Waals surface area contributed by atoms with Gasteiger partial charge in [-0.15, -0.1) is 11.3 Å². The van der Waals surface area contributed by atoms with Crippen molar-refractivity contribution in [3.63, 3.8) is 0 Å². The van der Waals surface area contributed by atoms with E-state index in [0.29, 0.717) is 21.6 Å². The van der Waals surface area contributed by atoms with Gasteiger partial charge in [-0.05, 0) is 49.8 Å². The van der Waals surface area contributed by atoms with Crippen LogP contribution in [0.4, 0.5) is 5.00 Å². The Kier molecular flexibility index (Phi) is 6.45. The topological polar surface area (TPSA) is 107 Å². The smallest absolute Gasteiger partial charge is 0.359 e. The number of amides is 1. The van der Waals surface area contributed by atoms with E-state index in [9.17, 15) is 14.4 Å². The Bertz CT molecular complexity index is 1190. The Morgan fingerprint density at radius 2 is 1.88 bits per heavy atom. The summed E-state index contributed by atoms with van der Waals surface area (Å²) in [6, 6.07) is 7.17. The summed E-state index contributed by atoms with van der Waals surface area (Å²) in [6.45, 7) is 1.74. The molecule has 0 radical (unpaired) electrons. The zero-order valence-electron chi connectivity index (χ0n) is 17.8. The number of para-hydroxylation sites is 2. The minimum absolute atomic E-state index is 0.0248. The van der Waals surface area contributed by atoms with Crippen LogP contribution < -0.4 is 5.32 Å². The second-order valence-corrected chi connectivity index (χ2v) is 8.55. The van der Waals surface area contributed by atoms with Crippen LogP contribution in [0.5, 0.6) is 0 Å². The highest BCUT2D eigenvalue weighted by Crippen LogP contribution is 2.38. The van der Waals surface area contributed by atoms with Gasteiger partial charge in [0.05, 0.1) is 29.9 Å². The monoisotopic (exact) mass is 453 g/mol. The van der Waals surface area contributed by atoms with E-state index < -0.39 is 23.9 Å². The van der Waals surface area contributed by atoms with Crippen molar-refractivity contribution in [2.24, 2.45) is 0 Å². The highest BCUT2D eigenvalue weighted by molar-refractivity contribution is 7.17. The normalized spacial score (nSPS) is 13.8. The molecule has 8 nitrogen and oxygen atoms in total. The summed E-state index contributed by atoms with van der Waals surface area (Å²) in [5, 5.41) is 3.22. The SMILES string of the molecule is CCC(OC(=O)c1cnc2ccccc2n1)C(=O)Nc1sc2c(c1C(=O)OC)CCCC2. The molecular formula is C23H23N3O5S. The number of methoxy groups -OCH3 is 1. The van der Waals surface area contributed by atoms with Crippen LogP contribution in [-0.4, -0.2) is 41.0 Å². The molecule has 1 aliphatic carbocycles. The van der Waals surface area contributed by atoms with Crippen molar-refractivity contribution in [2.45, 2.75) is 45.1 Å². The highest BCUT2D eigenvalue weighted by atomic mass is 32.1. The van der Waals surface area contributed by atoms with E-state index >= 15 is 0 Å². The first-order valence-electron chi connectivity index (χ1n) is 10.5. The van der Waals surface area contributed by atoms with E-state index in [1.54, 1.807) is 25.1 Å². The molecule has 1 atom stereocenters. The largest absolute Gasteiger partial charge is 0.465 e. The number of carbonyl (C=O) groups excluding carboxylic acids is 3. The number of hydrogen-bond acceptors (Lipinski definition) is 8. The van der Waals surface area contributed by atoms with Crippen molar-refractivity contribution in [2.75, 3.05) is 12.4 Å². The molecule has 2 aromatic heterocycles. The van der Waals surface area contributed by atoms with Crippen molar-refractivity contribution in [3.8, 4) is 0 Å². The number of rotatable bonds is 6. The minimum Gasteiger partial charge on any atom is -0.465 e. The van der Waals surface area contributed by atoms with Crippen molar-refractivity contribution < 1.29 is 23.9 Å². The van der Waals surface area contributed by atoms with Gasteiger partial charge in [0.2, 0.25) is 0 Å². The lowest BCUT2D eigenvalue weighted by molar-refractivity contribution is -0.124. The Morgan fingerprint density at radius 1 is 1.12 bits per heavy atom. The fraction of sp³-hybridized carbons (Fsp3) is 0.348. The minimum atomic E-state index is -1.04. The van der Waals surface area contributed by atoms with Gasteiger partial charge in [-0.25, -0.2) is 14.6 Å². The molecule has 1 aliphatic rings. The number of hydrogen-bond donors (Lipinski definition) is 1. The van der Waals surface area contributed by atoms with Crippen molar-refractivity contribution >= 4 is 45.2 Å². The zero-order chi connectivity index (χ0) is 22.7. The van der Waals surface area contributed by atoms with Gasteiger partial charge in [0.25, 0.3) is 5.91 Å². The second-order valence-electron chi connectivity index (χ2n) is 7.44. The number of carbonyl (C=O) groups is 3. The molecule has 0 saturated carbocycles. The fourth-order valence-electron chi connectivity index (χ4n) is 3.73. The molecule has 0 saturated heterocycles. The number of thiophene rings is 1. The van der Waals surface area contributed by atoms with E-state index in [2.05, 4.69) is 15.3 Å². The molecule has 166 valence electrons. The van der Waals surface area contributed by atoms with Gasteiger partial charge in [-0.3, -0.25) is 9.78 Å². The van der Waals surface area contributed by atoms with Crippen LogP contribution in [-0.2, 0) is 27.1 Å². The Hall–Kier alpha value is -3.33. The lowest BCUT2D eigenvalue weighted by Crippen LogP contribution is -2.32. The van der Waals surface area contributed by atoms with E-state index in [1.165, 1.54) is 24.6 Å². The molecule has 32 heavy (non-hydrogen) atoms. The maximum absolute atomic E-state index is 12.9. The number of nitrogens with zero attached hydrogens (tertiary/aromatic N) is 2. The zero-order valence-corrected chi connectivity index (χ0v) is 18.7. The Labute approximate surface area is 189 Å². The molecule has 0 bridgehead atoms. The molecule has 9 heteroatoms. The number of nitrogens with one attached hydrogen (secondary N) is 1. The van der Waals surface area contributed by atoms with E-state index in [0.717, 1.165) is 36.1 Å². The standard InChI is InChI=1S/C23H23N3O5S/c1-3-17(31-22(28)16-12-24-14-9-5-6-10-15(14)25-16)20(27)26-21-19(23(29)30-2)13-8-4-7-11-18(13)32-21/h5-6,9-10,12,17H,3-4,7-8,11H2,1-2H3,(H,26,27). The average Bonchev–Trinajstić information content (AvgIpc) is 3.19. The van der Waals surface area contributed by atoms with Crippen LogP contribution in [0.1, 0.15) is 57.5 Å². The maximum Gasteiger partial charge on any atom is 0.359 e. The summed E-state index contributed by atoms with van der Waals surface area (Å²) >= 11 is 1.38. The van der Waals surface area contributed by atoms with Gasteiger partial charge < -0.3 is 14.8 Å². The third kappa shape index (κ3) is 4.34. The summed E-state index contributed by atoms with van der Waals surface area (Å²) in [5.74, 6) is -1.71. The van der Waals surface area contributed by atoms with E-state index in [-0.39, 0.29) is 12.1 Å². The van der Waals surface area contributed by atoms with Gasteiger partial charge >= 0.3 is 11.9 Å². The first-order valence-corrected chi connectivity index (χ1v) is 11.3. The van der Waals surface area contributed by atoms with Crippen LogP contribution in [0.3, 0.4) is 0 Å². The number of anilines is 1. The van der Waals surface area contributed by atoms with Gasteiger partial charge in [0, 0.05) is 4.88 Å². The number of fused-ring (bicyclic) bond motifs is 2.